The fraction of sp³-hybridized carbons (Fsp3) is 0.304. The predicted octanol–water partition coefficient (Wildman–Crippen LogP) is 6.46. The van der Waals surface area contributed by atoms with E-state index < -0.39 is 0 Å². The lowest BCUT2D eigenvalue weighted by Gasteiger charge is -2.26. The van der Waals surface area contributed by atoms with Crippen molar-refractivity contribution in [2.75, 3.05) is 18.4 Å². The standard InChI is InChI=1S/C23H23N3OS3.ClH/c1-2-10-26-11-9-16-19(14-26)30-23(25-20(27)13-15-6-5-12-28-15)21(16)22-24-17-7-3-4-8-18(17)29-22;/h3-8,12H,2,9-11,13-14H2,1H3,(H,25,27);1H. The van der Waals surface area contributed by atoms with Crippen molar-refractivity contribution < 1.29 is 4.79 Å². The fourth-order valence-electron chi connectivity index (χ4n) is 4.00. The van der Waals surface area contributed by atoms with E-state index in [1.165, 1.54) is 15.1 Å². The van der Waals surface area contributed by atoms with Gasteiger partial charge in [0.25, 0.3) is 0 Å². The number of amides is 1. The minimum Gasteiger partial charge on any atom is -0.317 e. The molecule has 162 valence electrons. The number of carbonyl (C=O) groups excluding carboxylic acids is 1. The number of thiazole rings is 1. The molecule has 0 radical (unpaired) electrons. The van der Waals surface area contributed by atoms with Gasteiger partial charge in [0, 0.05) is 28.4 Å². The van der Waals surface area contributed by atoms with Crippen LogP contribution in [0.3, 0.4) is 0 Å². The van der Waals surface area contributed by atoms with Gasteiger partial charge in [-0.25, -0.2) is 4.98 Å². The highest BCUT2D eigenvalue weighted by Gasteiger charge is 2.27. The lowest BCUT2D eigenvalue weighted by Crippen LogP contribution is -2.30. The van der Waals surface area contributed by atoms with Crippen LogP contribution in [-0.2, 0) is 24.2 Å². The molecular formula is C23H24ClN3OS3. The number of thiophene rings is 2. The second-order valence-electron chi connectivity index (χ2n) is 7.53. The quantitative estimate of drug-likeness (QED) is 0.338. The smallest absolute Gasteiger partial charge is 0.230 e. The van der Waals surface area contributed by atoms with Crippen LogP contribution in [0.15, 0.2) is 41.8 Å². The van der Waals surface area contributed by atoms with E-state index in [2.05, 4.69) is 35.3 Å². The van der Waals surface area contributed by atoms with E-state index in [1.807, 2.05) is 23.6 Å². The summed E-state index contributed by atoms with van der Waals surface area (Å²) < 4.78 is 1.19. The minimum atomic E-state index is 0. The molecule has 1 aromatic carbocycles. The topological polar surface area (TPSA) is 45.2 Å². The third kappa shape index (κ3) is 4.71. The monoisotopic (exact) mass is 489 g/mol. The first-order valence-electron chi connectivity index (χ1n) is 10.3. The van der Waals surface area contributed by atoms with E-state index >= 15 is 0 Å². The number of nitrogens with one attached hydrogen (secondary N) is 1. The fourth-order valence-corrected chi connectivity index (χ4v) is 7.12. The van der Waals surface area contributed by atoms with Gasteiger partial charge < -0.3 is 5.32 Å². The van der Waals surface area contributed by atoms with Crippen LogP contribution in [0.1, 0.15) is 28.7 Å². The van der Waals surface area contributed by atoms with E-state index in [4.69, 9.17) is 4.98 Å². The molecule has 0 spiro atoms. The molecular weight excluding hydrogens is 466 g/mol. The number of hydrogen-bond acceptors (Lipinski definition) is 6. The van der Waals surface area contributed by atoms with Gasteiger partial charge in [-0.1, -0.05) is 25.1 Å². The number of aromatic nitrogens is 1. The van der Waals surface area contributed by atoms with Crippen molar-refractivity contribution in [3.63, 3.8) is 0 Å². The Balaban J connectivity index is 0.00000231. The molecule has 0 aliphatic carbocycles. The molecule has 1 N–H and O–H groups in total. The summed E-state index contributed by atoms with van der Waals surface area (Å²) in [7, 11) is 0. The van der Waals surface area contributed by atoms with Crippen molar-refractivity contribution in [2.24, 2.45) is 0 Å². The zero-order chi connectivity index (χ0) is 20.5. The van der Waals surface area contributed by atoms with Crippen LogP contribution in [0, 0.1) is 0 Å². The Morgan fingerprint density at radius 2 is 2.06 bits per heavy atom. The molecule has 1 aliphatic heterocycles. The van der Waals surface area contributed by atoms with Crippen LogP contribution in [0.4, 0.5) is 5.00 Å². The molecule has 4 heterocycles. The minimum absolute atomic E-state index is 0. The first kappa shape index (κ1) is 22.4. The molecule has 3 aromatic heterocycles. The lowest BCUT2D eigenvalue weighted by atomic mass is 10.0. The molecule has 5 rings (SSSR count). The van der Waals surface area contributed by atoms with Gasteiger partial charge in [-0.3, -0.25) is 9.69 Å². The Kier molecular flexibility index (Phi) is 7.08. The van der Waals surface area contributed by atoms with E-state index in [1.54, 1.807) is 34.0 Å². The van der Waals surface area contributed by atoms with Gasteiger partial charge in [-0.05, 0) is 48.5 Å². The van der Waals surface area contributed by atoms with Crippen molar-refractivity contribution in [1.29, 1.82) is 0 Å². The van der Waals surface area contributed by atoms with Crippen LogP contribution < -0.4 is 5.32 Å². The summed E-state index contributed by atoms with van der Waals surface area (Å²) in [6.45, 7) is 5.38. The number of fused-ring (bicyclic) bond motifs is 2. The van der Waals surface area contributed by atoms with E-state index in [0.29, 0.717) is 6.42 Å². The second kappa shape index (κ2) is 9.79. The molecule has 8 heteroatoms. The molecule has 0 unspecified atom stereocenters. The maximum Gasteiger partial charge on any atom is 0.230 e. The molecule has 1 aliphatic rings. The number of rotatable bonds is 6. The number of carbonyl (C=O) groups is 1. The first-order valence-corrected chi connectivity index (χ1v) is 12.8. The SMILES string of the molecule is CCCN1CCc2c(sc(NC(=O)Cc3cccs3)c2-c2nc3ccccc3s2)C1.Cl. The van der Waals surface area contributed by atoms with E-state index in [9.17, 15) is 4.79 Å². The normalized spacial score (nSPS) is 13.7. The van der Waals surface area contributed by atoms with Crippen LogP contribution in [-0.4, -0.2) is 28.9 Å². The number of anilines is 1. The molecule has 0 fully saturated rings. The summed E-state index contributed by atoms with van der Waals surface area (Å²) in [4.78, 5) is 22.7. The summed E-state index contributed by atoms with van der Waals surface area (Å²) in [5.41, 5.74) is 3.54. The lowest BCUT2D eigenvalue weighted by molar-refractivity contribution is -0.115. The number of halogens is 1. The number of benzene rings is 1. The average Bonchev–Trinajstić information content (AvgIpc) is 3.45. The van der Waals surface area contributed by atoms with Crippen molar-refractivity contribution in [3.05, 3.63) is 57.1 Å². The van der Waals surface area contributed by atoms with Crippen molar-refractivity contribution >= 4 is 67.5 Å². The van der Waals surface area contributed by atoms with Gasteiger partial charge in [-0.2, -0.15) is 0 Å². The molecule has 4 aromatic rings. The highest BCUT2D eigenvalue weighted by molar-refractivity contribution is 7.23. The van der Waals surface area contributed by atoms with Gasteiger partial charge in [0.1, 0.15) is 10.0 Å². The Labute approximate surface area is 200 Å². The van der Waals surface area contributed by atoms with Gasteiger partial charge in [0.15, 0.2) is 0 Å². The zero-order valence-corrected chi connectivity index (χ0v) is 20.5. The molecule has 0 saturated heterocycles. The largest absolute Gasteiger partial charge is 0.317 e. The third-order valence-electron chi connectivity index (χ3n) is 5.35. The van der Waals surface area contributed by atoms with Crippen LogP contribution in [0.2, 0.25) is 0 Å². The molecule has 0 bridgehead atoms. The van der Waals surface area contributed by atoms with E-state index in [-0.39, 0.29) is 18.3 Å². The average molecular weight is 490 g/mol. The van der Waals surface area contributed by atoms with Gasteiger partial charge in [0.05, 0.1) is 16.6 Å². The van der Waals surface area contributed by atoms with Gasteiger partial charge in [-0.15, -0.1) is 46.4 Å². The highest BCUT2D eigenvalue weighted by atomic mass is 35.5. The van der Waals surface area contributed by atoms with Crippen molar-refractivity contribution in [1.82, 2.24) is 9.88 Å². The summed E-state index contributed by atoms with van der Waals surface area (Å²) in [5, 5.41) is 7.22. The third-order valence-corrected chi connectivity index (χ3v) is 8.41. The van der Waals surface area contributed by atoms with Crippen LogP contribution in [0.25, 0.3) is 20.8 Å². The summed E-state index contributed by atoms with van der Waals surface area (Å²) in [6.07, 6.45) is 2.59. The maximum absolute atomic E-state index is 12.8. The number of hydrogen-bond donors (Lipinski definition) is 1. The van der Waals surface area contributed by atoms with Crippen LogP contribution >= 0.6 is 46.4 Å². The number of nitrogens with zero attached hydrogens (tertiary/aromatic N) is 2. The maximum atomic E-state index is 12.8. The Morgan fingerprint density at radius 1 is 1.19 bits per heavy atom. The van der Waals surface area contributed by atoms with E-state index in [0.717, 1.165) is 58.4 Å². The van der Waals surface area contributed by atoms with Gasteiger partial charge >= 0.3 is 0 Å². The van der Waals surface area contributed by atoms with Crippen LogP contribution in [0.5, 0.6) is 0 Å². The Morgan fingerprint density at radius 3 is 2.84 bits per heavy atom. The Bertz CT molecular complexity index is 1150. The molecule has 4 nitrogen and oxygen atoms in total. The van der Waals surface area contributed by atoms with Crippen molar-refractivity contribution in [3.8, 4) is 10.6 Å². The summed E-state index contributed by atoms with van der Waals surface area (Å²) in [6, 6.07) is 12.3. The molecule has 0 atom stereocenters. The molecule has 1 amide bonds. The zero-order valence-electron chi connectivity index (χ0n) is 17.2. The Hall–Kier alpha value is -1.77. The molecule has 0 saturated carbocycles. The number of para-hydroxylation sites is 1. The summed E-state index contributed by atoms with van der Waals surface area (Å²) >= 11 is 5.08. The predicted molar refractivity (Wildman–Crippen MR) is 136 cm³/mol. The first-order chi connectivity index (χ1) is 14.7. The van der Waals surface area contributed by atoms with Gasteiger partial charge in [0.2, 0.25) is 5.91 Å². The molecule has 31 heavy (non-hydrogen) atoms. The van der Waals surface area contributed by atoms with Crippen molar-refractivity contribution in [2.45, 2.75) is 32.7 Å². The second-order valence-corrected chi connectivity index (χ2v) is 10.7. The highest BCUT2D eigenvalue weighted by Crippen LogP contribution is 2.45. The summed E-state index contributed by atoms with van der Waals surface area (Å²) in [5.74, 6) is 0.0452.